The summed E-state index contributed by atoms with van der Waals surface area (Å²) in [6.45, 7) is 6.97. The molecule has 0 spiro atoms. The first-order chi connectivity index (χ1) is 11.9. The highest BCUT2D eigenvalue weighted by atomic mass is 28.3. The SMILES string of the molecule is COc1cc2c(c(/C(=C/[Si](C)(C)C)c3ccccc3)c1)C(=O)CCC2. The van der Waals surface area contributed by atoms with E-state index < -0.39 is 8.07 Å². The number of carbonyl (C=O) groups excluding carboxylic acids is 1. The summed E-state index contributed by atoms with van der Waals surface area (Å²) in [4.78, 5) is 12.8. The van der Waals surface area contributed by atoms with Crippen LogP contribution in [0.1, 0.15) is 39.9 Å². The minimum absolute atomic E-state index is 0.260. The molecule has 0 aromatic heterocycles. The maximum Gasteiger partial charge on any atom is 0.163 e. The normalized spacial score (nSPS) is 15.0. The van der Waals surface area contributed by atoms with Gasteiger partial charge in [0.1, 0.15) is 5.75 Å². The van der Waals surface area contributed by atoms with Crippen molar-refractivity contribution in [2.24, 2.45) is 0 Å². The first kappa shape index (κ1) is 17.7. The molecule has 2 aromatic rings. The van der Waals surface area contributed by atoms with Gasteiger partial charge < -0.3 is 4.74 Å². The molecule has 3 rings (SSSR count). The maximum atomic E-state index is 12.8. The number of aryl methyl sites for hydroxylation is 1. The van der Waals surface area contributed by atoms with E-state index >= 15 is 0 Å². The largest absolute Gasteiger partial charge is 0.497 e. The van der Waals surface area contributed by atoms with E-state index in [1.165, 1.54) is 11.1 Å². The molecule has 0 amide bonds. The minimum atomic E-state index is -1.49. The van der Waals surface area contributed by atoms with E-state index in [2.05, 4.69) is 49.6 Å². The number of ether oxygens (including phenoxy) is 1. The molecule has 1 aliphatic rings. The molecule has 0 fully saturated rings. The molecule has 0 N–H and O–H groups in total. The second-order valence-corrected chi connectivity index (χ2v) is 12.8. The predicted octanol–water partition coefficient (Wildman–Crippen LogP) is 5.52. The zero-order chi connectivity index (χ0) is 18.0. The second-order valence-electron chi connectivity index (χ2n) is 7.78. The minimum Gasteiger partial charge on any atom is -0.497 e. The zero-order valence-electron chi connectivity index (χ0n) is 15.6. The number of ketones is 1. The first-order valence-corrected chi connectivity index (χ1v) is 12.5. The van der Waals surface area contributed by atoms with E-state index in [1.54, 1.807) is 7.11 Å². The maximum absolute atomic E-state index is 12.8. The molecule has 0 radical (unpaired) electrons. The molecule has 2 nitrogen and oxygen atoms in total. The van der Waals surface area contributed by atoms with E-state index in [0.29, 0.717) is 6.42 Å². The Balaban J connectivity index is 2.30. The van der Waals surface area contributed by atoms with Gasteiger partial charge in [0.15, 0.2) is 5.78 Å². The van der Waals surface area contributed by atoms with Crippen molar-refractivity contribution >= 4 is 19.4 Å². The number of Topliss-reactive ketones (excluding diaryl/α,β-unsaturated/α-hetero) is 1. The van der Waals surface area contributed by atoms with Gasteiger partial charge in [0, 0.05) is 12.0 Å². The van der Waals surface area contributed by atoms with Gasteiger partial charge in [-0.1, -0.05) is 55.7 Å². The number of benzene rings is 2. The lowest BCUT2D eigenvalue weighted by Crippen LogP contribution is -2.19. The lowest BCUT2D eigenvalue weighted by Gasteiger charge is -2.23. The van der Waals surface area contributed by atoms with Crippen LogP contribution in [-0.2, 0) is 6.42 Å². The Kier molecular flexibility index (Phi) is 4.95. The van der Waals surface area contributed by atoms with Gasteiger partial charge in [0.05, 0.1) is 15.2 Å². The van der Waals surface area contributed by atoms with Crippen LogP contribution in [0.3, 0.4) is 0 Å². The summed E-state index contributed by atoms with van der Waals surface area (Å²) in [6, 6.07) is 14.5. The summed E-state index contributed by atoms with van der Waals surface area (Å²) in [5.41, 5.74) is 7.80. The summed E-state index contributed by atoms with van der Waals surface area (Å²) in [5.74, 6) is 1.09. The molecule has 25 heavy (non-hydrogen) atoms. The van der Waals surface area contributed by atoms with E-state index in [-0.39, 0.29) is 5.78 Å². The van der Waals surface area contributed by atoms with Crippen LogP contribution in [0.25, 0.3) is 5.57 Å². The Labute approximate surface area is 151 Å². The fourth-order valence-corrected chi connectivity index (χ4v) is 4.65. The highest BCUT2D eigenvalue weighted by molar-refractivity contribution is 6.81. The molecule has 3 heteroatoms. The lowest BCUT2D eigenvalue weighted by molar-refractivity contribution is 0.0972. The van der Waals surface area contributed by atoms with Crippen molar-refractivity contribution in [3.8, 4) is 5.75 Å². The van der Waals surface area contributed by atoms with Gasteiger partial charge in [-0.2, -0.15) is 0 Å². The molecule has 0 saturated heterocycles. The molecule has 0 unspecified atom stereocenters. The van der Waals surface area contributed by atoms with Gasteiger partial charge in [-0.25, -0.2) is 0 Å². The molecule has 0 saturated carbocycles. The average molecular weight is 351 g/mol. The van der Waals surface area contributed by atoms with Crippen LogP contribution in [0, 0.1) is 0 Å². The topological polar surface area (TPSA) is 26.3 Å². The number of carbonyl (C=O) groups is 1. The Morgan fingerprint density at radius 3 is 2.44 bits per heavy atom. The Hall–Kier alpha value is -2.13. The summed E-state index contributed by atoms with van der Waals surface area (Å²) >= 11 is 0. The number of methoxy groups -OCH3 is 1. The van der Waals surface area contributed by atoms with Crippen molar-refractivity contribution in [3.63, 3.8) is 0 Å². The number of hydrogen-bond acceptors (Lipinski definition) is 2. The first-order valence-electron chi connectivity index (χ1n) is 8.92. The Morgan fingerprint density at radius 2 is 1.80 bits per heavy atom. The molecule has 130 valence electrons. The number of fused-ring (bicyclic) bond motifs is 1. The Bertz CT molecular complexity index is 814. The molecule has 2 aromatic carbocycles. The molecular formula is C22H26O2Si. The summed E-state index contributed by atoms with van der Waals surface area (Å²) in [7, 11) is 0.200. The monoisotopic (exact) mass is 350 g/mol. The Morgan fingerprint density at radius 1 is 1.08 bits per heavy atom. The quantitative estimate of drug-likeness (QED) is 0.678. The van der Waals surface area contributed by atoms with Crippen molar-refractivity contribution in [3.05, 3.63) is 70.4 Å². The third kappa shape index (κ3) is 3.93. The van der Waals surface area contributed by atoms with Crippen molar-refractivity contribution in [2.45, 2.75) is 38.9 Å². The van der Waals surface area contributed by atoms with Crippen LogP contribution in [-0.4, -0.2) is 21.0 Å². The van der Waals surface area contributed by atoms with Crippen LogP contribution in [0.15, 0.2) is 48.2 Å². The van der Waals surface area contributed by atoms with E-state index in [4.69, 9.17) is 4.74 Å². The number of hydrogen-bond donors (Lipinski definition) is 0. The number of rotatable bonds is 4. The van der Waals surface area contributed by atoms with E-state index in [1.807, 2.05) is 18.2 Å². The highest BCUT2D eigenvalue weighted by Gasteiger charge is 2.25. The molecule has 0 aliphatic heterocycles. The third-order valence-corrected chi connectivity index (χ3v) is 5.67. The van der Waals surface area contributed by atoms with Gasteiger partial charge >= 0.3 is 0 Å². The molecule has 1 aliphatic carbocycles. The molecule has 0 heterocycles. The fraction of sp³-hybridized carbons (Fsp3) is 0.318. The smallest absolute Gasteiger partial charge is 0.163 e. The molecule has 0 atom stereocenters. The lowest BCUT2D eigenvalue weighted by atomic mass is 9.83. The zero-order valence-corrected chi connectivity index (χ0v) is 16.6. The van der Waals surface area contributed by atoms with E-state index in [9.17, 15) is 4.79 Å². The van der Waals surface area contributed by atoms with Gasteiger partial charge in [-0.15, -0.1) is 0 Å². The van der Waals surface area contributed by atoms with Gasteiger partial charge in [-0.3, -0.25) is 4.79 Å². The second kappa shape index (κ2) is 7.01. The summed E-state index contributed by atoms with van der Waals surface area (Å²) in [6.07, 6.45) is 2.51. The van der Waals surface area contributed by atoms with Crippen LogP contribution < -0.4 is 4.74 Å². The highest BCUT2D eigenvalue weighted by Crippen LogP contribution is 2.36. The summed E-state index contributed by atoms with van der Waals surface area (Å²) < 4.78 is 5.55. The molecular weight excluding hydrogens is 324 g/mol. The van der Waals surface area contributed by atoms with Crippen LogP contribution in [0.2, 0.25) is 19.6 Å². The predicted molar refractivity (Wildman–Crippen MR) is 107 cm³/mol. The third-order valence-electron chi connectivity index (χ3n) is 4.51. The average Bonchev–Trinajstić information content (AvgIpc) is 2.59. The van der Waals surface area contributed by atoms with Gasteiger partial charge in [0.25, 0.3) is 0 Å². The van der Waals surface area contributed by atoms with E-state index in [0.717, 1.165) is 35.3 Å². The van der Waals surface area contributed by atoms with Crippen molar-refractivity contribution in [1.29, 1.82) is 0 Å². The van der Waals surface area contributed by atoms with Gasteiger partial charge in [-0.05, 0) is 47.2 Å². The standard InChI is InChI=1S/C22H26O2Si/c1-24-18-13-17-11-8-12-21(23)22(17)19(14-18)20(15-25(2,3)4)16-9-6-5-7-10-16/h5-7,9-10,13-15H,8,11-12H2,1-4H3/b20-15+. The fourth-order valence-electron chi connectivity index (χ4n) is 3.46. The van der Waals surface area contributed by atoms with Crippen molar-refractivity contribution < 1.29 is 9.53 Å². The van der Waals surface area contributed by atoms with Crippen molar-refractivity contribution in [1.82, 2.24) is 0 Å². The molecule has 0 bridgehead atoms. The van der Waals surface area contributed by atoms with Gasteiger partial charge in [0.2, 0.25) is 0 Å². The van der Waals surface area contributed by atoms with Crippen molar-refractivity contribution in [2.75, 3.05) is 7.11 Å². The van der Waals surface area contributed by atoms with Crippen LogP contribution >= 0.6 is 0 Å². The van der Waals surface area contributed by atoms with Crippen LogP contribution in [0.4, 0.5) is 0 Å². The van der Waals surface area contributed by atoms with Crippen LogP contribution in [0.5, 0.6) is 5.75 Å². The summed E-state index contributed by atoms with van der Waals surface area (Å²) in [5, 5.41) is 0.